The van der Waals surface area contributed by atoms with E-state index in [1.54, 1.807) is 13.0 Å². The van der Waals surface area contributed by atoms with Crippen LogP contribution in [0.5, 0.6) is 0 Å². The summed E-state index contributed by atoms with van der Waals surface area (Å²) >= 11 is 0. The molecular weight excluding hydrogens is 322 g/mol. The van der Waals surface area contributed by atoms with Gasteiger partial charge in [-0.1, -0.05) is 13.0 Å². The number of ketones is 1. The van der Waals surface area contributed by atoms with Crippen LogP contribution in [0.4, 0.5) is 0 Å². The van der Waals surface area contributed by atoms with Crippen molar-refractivity contribution in [2.75, 3.05) is 13.1 Å². The van der Waals surface area contributed by atoms with Crippen LogP contribution < -0.4 is 0 Å². The van der Waals surface area contributed by atoms with Crippen LogP contribution in [0.15, 0.2) is 24.4 Å². The molecule has 2 saturated heterocycles. The second-order valence-electron chi connectivity index (χ2n) is 5.73. The minimum atomic E-state index is -4.37. The summed E-state index contributed by atoms with van der Waals surface area (Å²) in [6, 6.07) is 2.88. The number of rotatable bonds is 3. The number of carbonyl (C=O) groups is 3. The fourth-order valence-corrected chi connectivity index (χ4v) is 4.85. The van der Waals surface area contributed by atoms with Crippen molar-refractivity contribution in [1.82, 2.24) is 14.2 Å². The second kappa shape index (κ2) is 5.50. The summed E-state index contributed by atoms with van der Waals surface area (Å²) in [7, 11) is -4.37. The molecule has 122 valence electrons. The molecule has 0 N–H and O–H groups in total. The molecule has 1 aromatic rings. The molecule has 2 fully saturated rings. The predicted molar refractivity (Wildman–Crippen MR) is 78.7 cm³/mol. The molecule has 1 amide bonds. The van der Waals surface area contributed by atoms with Gasteiger partial charge >= 0.3 is 5.12 Å². The lowest BCUT2D eigenvalue weighted by Gasteiger charge is -2.23. The number of fused-ring (bicyclic) bond motifs is 1. The molecule has 9 heteroatoms. The molecule has 0 radical (unpaired) electrons. The van der Waals surface area contributed by atoms with Crippen LogP contribution in [-0.2, 0) is 19.6 Å². The molecule has 8 nitrogen and oxygen atoms in total. The summed E-state index contributed by atoms with van der Waals surface area (Å²) in [6.07, 6.45) is 1.88. The first kappa shape index (κ1) is 15.8. The maximum atomic E-state index is 12.6. The van der Waals surface area contributed by atoms with Crippen molar-refractivity contribution in [1.29, 1.82) is 0 Å². The highest BCUT2D eigenvalue weighted by molar-refractivity contribution is 8.04. The highest BCUT2D eigenvalue weighted by Gasteiger charge is 2.56. The molecular formula is C14H15N3O5S. The fraction of sp³-hybridized carbons (Fsp3) is 0.429. The lowest BCUT2D eigenvalue weighted by atomic mass is 10.0. The average molecular weight is 337 g/mol. The van der Waals surface area contributed by atoms with E-state index in [1.165, 1.54) is 23.2 Å². The minimum absolute atomic E-state index is 0.193. The zero-order valence-electron chi connectivity index (χ0n) is 12.3. The quantitative estimate of drug-likeness (QED) is 0.674. The van der Waals surface area contributed by atoms with Crippen LogP contribution in [0.3, 0.4) is 0 Å². The molecule has 23 heavy (non-hydrogen) atoms. The predicted octanol–water partition coefficient (Wildman–Crippen LogP) is -0.718. The first-order valence-electron chi connectivity index (χ1n) is 7.09. The molecule has 3 heterocycles. The Labute approximate surface area is 133 Å². The van der Waals surface area contributed by atoms with E-state index in [0.717, 1.165) is 4.31 Å². The van der Waals surface area contributed by atoms with E-state index < -0.39 is 33.8 Å². The van der Waals surface area contributed by atoms with Crippen molar-refractivity contribution >= 4 is 27.3 Å². The van der Waals surface area contributed by atoms with Crippen LogP contribution in [0.25, 0.3) is 0 Å². The van der Waals surface area contributed by atoms with E-state index >= 15 is 0 Å². The van der Waals surface area contributed by atoms with Gasteiger partial charge in [-0.05, 0) is 18.1 Å². The third kappa shape index (κ3) is 2.36. The summed E-state index contributed by atoms with van der Waals surface area (Å²) in [5, 5.41) is -1.14. The van der Waals surface area contributed by atoms with E-state index in [9.17, 15) is 22.8 Å². The number of Topliss-reactive ketones (excluding diaryl/α,β-unsaturated/α-hetero) is 1. The molecule has 2 aliphatic heterocycles. The van der Waals surface area contributed by atoms with Crippen LogP contribution >= 0.6 is 0 Å². The van der Waals surface area contributed by atoms with Crippen LogP contribution in [0.2, 0.25) is 0 Å². The van der Waals surface area contributed by atoms with Crippen LogP contribution in [0.1, 0.15) is 17.4 Å². The van der Waals surface area contributed by atoms with E-state index in [4.69, 9.17) is 0 Å². The van der Waals surface area contributed by atoms with Gasteiger partial charge in [0.25, 0.3) is 10.0 Å². The first-order valence-corrected chi connectivity index (χ1v) is 8.53. The Morgan fingerprint density at radius 2 is 2.13 bits per heavy atom. The monoisotopic (exact) mass is 337 g/mol. The van der Waals surface area contributed by atoms with Gasteiger partial charge in [-0.2, -0.15) is 4.31 Å². The topological polar surface area (TPSA) is 105 Å². The van der Waals surface area contributed by atoms with Crippen molar-refractivity contribution < 1.29 is 22.8 Å². The molecule has 2 aliphatic rings. The van der Waals surface area contributed by atoms with Crippen molar-refractivity contribution in [2.45, 2.75) is 19.0 Å². The van der Waals surface area contributed by atoms with Crippen molar-refractivity contribution in [3.05, 3.63) is 30.1 Å². The SMILES string of the molecule is CC1CN(C=O)C2C(=O)CN(S(=O)(=O)C(=O)c3ccccn3)C12. The van der Waals surface area contributed by atoms with E-state index in [0.29, 0.717) is 6.41 Å². The summed E-state index contributed by atoms with van der Waals surface area (Å²) in [4.78, 5) is 40.6. The van der Waals surface area contributed by atoms with Gasteiger partial charge in [0, 0.05) is 12.7 Å². The van der Waals surface area contributed by atoms with Gasteiger partial charge in [0.05, 0.1) is 12.6 Å². The largest absolute Gasteiger partial charge is 0.333 e. The average Bonchev–Trinajstić information content (AvgIpc) is 3.07. The standard InChI is InChI=1S/C14H15N3O5S/c1-9-6-16(8-18)13-11(19)7-17(12(9)13)23(21,22)14(20)10-4-2-3-5-15-10/h2-5,8-9,12-13H,6-7H2,1H3. The summed E-state index contributed by atoms with van der Waals surface area (Å²) in [5.74, 6) is -0.605. The number of hydrogen-bond acceptors (Lipinski definition) is 6. The van der Waals surface area contributed by atoms with Crippen LogP contribution in [0, 0.1) is 5.92 Å². The number of carbonyl (C=O) groups excluding carboxylic acids is 3. The molecule has 3 unspecified atom stereocenters. The maximum absolute atomic E-state index is 12.6. The number of hydrogen-bond donors (Lipinski definition) is 0. The van der Waals surface area contributed by atoms with E-state index in [2.05, 4.69) is 4.98 Å². The normalized spacial score (nSPS) is 28.0. The zero-order valence-corrected chi connectivity index (χ0v) is 13.1. The van der Waals surface area contributed by atoms with Gasteiger partial charge < -0.3 is 4.90 Å². The summed E-state index contributed by atoms with van der Waals surface area (Å²) in [5.41, 5.74) is -0.193. The zero-order chi connectivity index (χ0) is 16.8. The number of aromatic nitrogens is 1. The second-order valence-corrected chi connectivity index (χ2v) is 7.52. The molecule has 0 aromatic carbocycles. The van der Waals surface area contributed by atoms with Gasteiger partial charge in [0.2, 0.25) is 6.41 Å². The molecule has 1 aromatic heterocycles. The number of sulfonamides is 1. The molecule has 3 rings (SSSR count). The Morgan fingerprint density at radius 1 is 1.39 bits per heavy atom. The van der Waals surface area contributed by atoms with Gasteiger partial charge in [0.1, 0.15) is 11.7 Å². The van der Waals surface area contributed by atoms with Crippen LogP contribution in [-0.4, -0.2) is 65.1 Å². The number of likely N-dealkylation sites (tertiary alicyclic amines) is 1. The lowest BCUT2D eigenvalue weighted by molar-refractivity contribution is -0.127. The first-order chi connectivity index (χ1) is 10.9. The molecule has 3 atom stereocenters. The molecule has 0 bridgehead atoms. The van der Waals surface area contributed by atoms with Gasteiger partial charge in [-0.25, -0.2) is 8.42 Å². The highest BCUT2D eigenvalue weighted by Crippen LogP contribution is 2.35. The third-order valence-electron chi connectivity index (χ3n) is 4.29. The van der Waals surface area contributed by atoms with Gasteiger partial charge in [-0.15, -0.1) is 0 Å². The lowest BCUT2D eigenvalue weighted by Crippen LogP contribution is -2.44. The van der Waals surface area contributed by atoms with Gasteiger partial charge in [0.15, 0.2) is 5.78 Å². The number of nitrogens with zero attached hydrogens (tertiary/aromatic N) is 3. The minimum Gasteiger partial charge on any atom is -0.333 e. The Morgan fingerprint density at radius 3 is 2.74 bits per heavy atom. The number of pyridine rings is 1. The Kier molecular flexibility index (Phi) is 3.77. The third-order valence-corrected chi connectivity index (χ3v) is 5.96. The Hall–Kier alpha value is -2.13. The smallest absolute Gasteiger partial charge is 0.310 e. The Bertz CT molecular complexity index is 764. The number of amides is 1. The Balaban J connectivity index is 1.97. The van der Waals surface area contributed by atoms with Crippen molar-refractivity contribution in [3.63, 3.8) is 0 Å². The highest BCUT2D eigenvalue weighted by atomic mass is 32.2. The van der Waals surface area contributed by atoms with E-state index in [1.807, 2.05) is 0 Å². The van der Waals surface area contributed by atoms with Crippen molar-refractivity contribution in [2.24, 2.45) is 5.92 Å². The van der Waals surface area contributed by atoms with Gasteiger partial charge in [-0.3, -0.25) is 19.4 Å². The molecule has 0 saturated carbocycles. The fourth-order valence-electron chi connectivity index (χ4n) is 3.31. The summed E-state index contributed by atoms with van der Waals surface area (Å²) in [6.45, 7) is 1.65. The molecule has 0 spiro atoms. The van der Waals surface area contributed by atoms with Crippen molar-refractivity contribution in [3.8, 4) is 0 Å². The maximum Gasteiger partial charge on any atom is 0.310 e. The van der Waals surface area contributed by atoms with E-state index in [-0.39, 0.29) is 23.9 Å². The molecule has 0 aliphatic carbocycles. The summed E-state index contributed by atoms with van der Waals surface area (Å²) < 4.78 is 26.2.